The minimum atomic E-state index is 0.0133. The van der Waals surface area contributed by atoms with Crippen LogP contribution in [0.1, 0.15) is 46.5 Å². The molecule has 2 aliphatic rings. The van der Waals surface area contributed by atoms with Crippen LogP contribution in [0.5, 0.6) is 0 Å². The lowest BCUT2D eigenvalue weighted by Gasteiger charge is -2.49. The third-order valence-electron chi connectivity index (χ3n) is 3.49. The highest BCUT2D eigenvalue weighted by Crippen LogP contribution is 2.44. The molecule has 0 bridgehead atoms. The van der Waals surface area contributed by atoms with Crippen LogP contribution in [0.3, 0.4) is 0 Å². The maximum absolute atomic E-state index is 6.00. The van der Waals surface area contributed by atoms with Crippen LogP contribution >= 0.6 is 0 Å². The molecule has 1 N–H and O–H groups in total. The Morgan fingerprint density at radius 1 is 1.29 bits per heavy atom. The van der Waals surface area contributed by atoms with E-state index in [0.29, 0.717) is 5.41 Å². The van der Waals surface area contributed by atoms with Crippen molar-refractivity contribution < 1.29 is 4.74 Å². The van der Waals surface area contributed by atoms with Crippen molar-refractivity contribution in [2.24, 2.45) is 11.3 Å². The van der Waals surface area contributed by atoms with Crippen LogP contribution in [-0.2, 0) is 4.74 Å². The van der Waals surface area contributed by atoms with Crippen molar-refractivity contribution in [3.63, 3.8) is 0 Å². The standard InChI is InChI=1S/C12H23NO/c1-10-7-11(2,3)9-12(8-10)13-5-4-6-14-12/h10,13H,4-9H2,1-3H3. The largest absolute Gasteiger partial charge is 0.361 e. The van der Waals surface area contributed by atoms with E-state index in [2.05, 4.69) is 26.1 Å². The molecule has 1 saturated carbocycles. The molecule has 2 fully saturated rings. The Bertz CT molecular complexity index is 206. The average molecular weight is 197 g/mol. The molecule has 2 atom stereocenters. The smallest absolute Gasteiger partial charge is 0.120 e. The van der Waals surface area contributed by atoms with Crippen LogP contribution in [0.25, 0.3) is 0 Å². The zero-order valence-electron chi connectivity index (χ0n) is 9.73. The monoisotopic (exact) mass is 197 g/mol. The third-order valence-corrected chi connectivity index (χ3v) is 3.49. The minimum absolute atomic E-state index is 0.0133. The van der Waals surface area contributed by atoms with Gasteiger partial charge in [0.25, 0.3) is 0 Å². The van der Waals surface area contributed by atoms with Crippen LogP contribution in [0.4, 0.5) is 0 Å². The first-order valence-corrected chi connectivity index (χ1v) is 5.90. The Labute approximate surface area is 87.4 Å². The number of ether oxygens (including phenoxy) is 1. The molecule has 1 aliphatic carbocycles. The molecule has 1 spiro atoms. The van der Waals surface area contributed by atoms with E-state index in [1.54, 1.807) is 0 Å². The van der Waals surface area contributed by atoms with Crippen molar-refractivity contribution in [3.8, 4) is 0 Å². The normalized spacial score (nSPS) is 42.6. The first-order valence-electron chi connectivity index (χ1n) is 5.90. The van der Waals surface area contributed by atoms with Gasteiger partial charge >= 0.3 is 0 Å². The van der Waals surface area contributed by atoms with Crippen LogP contribution in [0, 0.1) is 11.3 Å². The van der Waals surface area contributed by atoms with Crippen molar-refractivity contribution in [2.75, 3.05) is 13.2 Å². The van der Waals surface area contributed by atoms with Gasteiger partial charge in [-0.15, -0.1) is 0 Å². The summed E-state index contributed by atoms with van der Waals surface area (Å²) in [6.45, 7) is 9.15. The van der Waals surface area contributed by atoms with Gasteiger partial charge in [-0.1, -0.05) is 20.8 Å². The van der Waals surface area contributed by atoms with Crippen molar-refractivity contribution in [3.05, 3.63) is 0 Å². The van der Waals surface area contributed by atoms with Gasteiger partial charge in [-0.2, -0.15) is 0 Å². The van der Waals surface area contributed by atoms with E-state index in [1.807, 2.05) is 0 Å². The highest BCUT2D eigenvalue weighted by molar-refractivity contribution is 4.94. The quantitative estimate of drug-likeness (QED) is 0.644. The summed E-state index contributed by atoms with van der Waals surface area (Å²) in [5, 5.41) is 3.60. The second-order valence-electron chi connectivity index (χ2n) is 5.98. The van der Waals surface area contributed by atoms with Crippen LogP contribution < -0.4 is 5.32 Å². The maximum Gasteiger partial charge on any atom is 0.120 e. The maximum atomic E-state index is 6.00. The van der Waals surface area contributed by atoms with Gasteiger partial charge in [-0.3, -0.25) is 5.32 Å². The molecule has 0 amide bonds. The summed E-state index contributed by atoms with van der Waals surface area (Å²) in [7, 11) is 0. The van der Waals surface area contributed by atoms with Gasteiger partial charge < -0.3 is 4.74 Å². The molecule has 1 aliphatic heterocycles. The predicted octanol–water partition coefficient (Wildman–Crippen LogP) is 2.54. The first kappa shape index (κ1) is 10.4. The van der Waals surface area contributed by atoms with Crippen molar-refractivity contribution in [1.29, 1.82) is 0 Å². The van der Waals surface area contributed by atoms with Gasteiger partial charge in [0, 0.05) is 0 Å². The summed E-state index contributed by atoms with van der Waals surface area (Å²) in [5.41, 5.74) is 0.446. The number of hydrogen-bond donors (Lipinski definition) is 1. The van der Waals surface area contributed by atoms with Crippen LogP contribution in [0.2, 0.25) is 0 Å². The SMILES string of the molecule is CC1CC(C)(C)CC2(C1)NCCCO2. The molecule has 0 aromatic carbocycles. The topological polar surface area (TPSA) is 21.3 Å². The predicted molar refractivity (Wildman–Crippen MR) is 58.1 cm³/mol. The molecular weight excluding hydrogens is 174 g/mol. The van der Waals surface area contributed by atoms with Crippen molar-refractivity contribution in [1.82, 2.24) is 5.32 Å². The van der Waals surface area contributed by atoms with Gasteiger partial charge in [-0.05, 0) is 43.6 Å². The summed E-state index contributed by atoms with van der Waals surface area (Å²) in [6.07, 6.45) is 4.86. The second kappa shape index (κ2) is 3.49. The Hall–Kier alpha value is -0.0800. The fourth-order valence-electron chi connectivity index (χ4n) is 3.45. The summed E-state index contributed by atoms with van der Waals surface area (Å²) < 4.78 is 6.00. The van der Waals surface area contributed by atoms with Crippen molar-refractivity contribution >= 4 is 0 Å². The molecular formula is C12H23NO. The molecule has 0 radical (unpaired) electrons. The van der Waals surface area contributed by atoms with E-state index >= 15 is 0 Å². The first-order chi connectivity index (χ1) is 6.52. The molecule has 14 heavy (non-hydrogen) atoms. The van der Waals surface area contributed by atoms with E-state index in [0.717, 1.165) is 25.5 Å². The fourth-order valence-corrected chi connectivity index (χ4v) is 3.45. The van der Waals surface area contributed by atoms with E-state index in [9.17, 15) is 0 Å². The number of hydrogen-bond acceptors (Lipinski definition) is 2. The summed E-state index contributed by atoms with van der Waals surface area (Å²) >= 11 is 0. The highest BCUT2D eigenvalue weighted by atomic mass is 16.5. The van der Waals surface area contributed by atoms with Gasteiger partial charge in [0.2, 0.25) is 0 Å². The summed E-state index contributed by atoms with van der Waals surface area (Å²) in [4.78, 5) is 0. The number of rotatable bonds is 0. The Balaban J connectivity index is 2.10. The van der Waals surface area contributed by atoms with Gasteiger partial charge in [0.1, 0.15) is 5.72 Å². The molecule has 2 rings (SSSR count). The third kappa shape index (κ3) is 2.12. The Morgan fingerprint density at radius 2 is 2.07 bits per heavy atom. The average Bonchev–Trinajstić information content (AvgIpc) is 2.00. The fraction of sp³-hybridized carbons (Fsp3) is 1.00. The molecule has 1 heterocycles. The lowest BCUT2D eigenvalue weighted by molar-refractivity contribution is -0.150. The Kier molecular flexibility index (Phi) is 2.61. The van der Waals surface area contributed by atoms with Gasteiger partial charge in [0.05, 0.1) is 6.61 Å². The van der Waals surface area contributed by atoms with E-state index in [-0.39, 0.29) is 5.72 Å². The van der Waals surface area contributed by atoms with Crippen LogP contribution in [0.15, 0.2) is 0 Å². The lowest BCUT2D eigenvalue weighted by atomic mass is 9.68. The molecule has 2 unspecified atom stereocenters. The molecule has 2 heteroatoms. The van der Waals surface area contributed by atoms with Crippen LogP contribution in [-0.4, -0.2) is 18.9 Å². The van der Waals surface area contributed by atoms with Gasteiger partial charge in [-0.25, -0.2) is 0 Å². The van der Waals surface area contributed by atoms with E-state index < -0.39 is 0 Å². The second-order valence-corrected chi connectivity index (χ2v) is 5.98. The lowest BCUT2D eigenvalue weighted by Crippen LogP contribution is -2.57. The van der Waals surface area contributed by atoms with Crippen molar-refractivity contribution in [2.45, 2.75) is 52.2 Å². The molecule has 1 saturated heterocycles. The molecule has 2 nitrogen and oxygen atoms in total. The summed E-state index contributed by atoms with van der Waals surface area (Å²) in [5.74, 6) is 0.782. The Morgan fingerprint density at radius 3 is 2.64 bits per heavy atom. The van der Waals surface area contributed by atoms with E-state index in [4.69, 9.17) is 4.74 Å². The highest BCUT2D eigenvalue weighted by Gasteiger charge is 2.44. The zero-order chi connectivity index (χ0) is 10.2. The van der Waals surface area contributed by atoms with Gasteiger partial charge in [0.15, 0.2) is 0 Å². The molecule has 0 aromatic rings. The zero-order valence-corrected chi connectivity index (χ0v) is 9.73. The summed E-state index contributed by atoms with van der Waals surface area (Å²) in [6, 6.07) is 0. The van der Waals surface area contributed by atoms with E-state index in [1.165, 1.54) is 19.3 Å². The molecule has 82 valence electrons. The number of nitrogens with one attached hydrogen (secondary N) is 1. The molecule has 0 aromatic heterocycles. The minimum Gasteiger partial charge on any atom is -0.361 e.